The fraction of sp³-hybridized carbons (Fsp3) is 0.308. The van der Waals surface area contributed by atoms with E-state index in [0.717, 1.165) is 0 Å². The molecule has 10 nitrogen and oxygen atoms in total. The highest BCUT2D eigenvalue weighted by Crippen LogP contribution is 2.40. The van der Waals surface area contributed by atoms with Gasteiger partial charge in [-0.1, -0.05) is 0 Å². The van der Waals surface area contributed by atoms with E-state index in [1.165, 1.54) is 54.8 Å². The third-order valence-electron chi connectivity index (χ3n) is 5.01. The number of rotatable bonds is 12. The molecule has 0 radical (unpaired) electrons. The first-order chi connectivity index (χ1) is 17.3. The largest absolute Gasteiger partial charge is 0.493 e. The smallest absolute Gasteiger partial charge is 0.339 e. The molecule has 0 saturated heterocycles. The highest BCUT2D eigenvalue weighted by molar-refractivity contribution is 6.12. The lowest BCUT2D eigenvalue weighted by Crippen LogP contribution is -2.15. The van der Waals surface area contributed by atoms with Gasteiger partial charge >= 0.3 is 11.9 Å². The van der Waals surface area contributed by atoms with Gasteiger partial charge in [-0.3, -0.25) is 0 Å². The number of carbonyl (C=O) groups excluding carboxylic acids is 1. The van der Waals surface area contributed by atoms with Crippen LogP contribution in [0.25, 0.3) is 12.2 Å². The lowest BCUT2D eigenvalue weighted by molar-refractivity contribution is -0.139. The zero-order valence-corrected chi connectivity index (χ0v) is 21.3. The Morgan fingerprint density at radius 3 is 1.31 bits per heavy atom. The summed E-state index contributed by atoms with van der Waals surface area (Å²) in [5.41, 5.74) is 0.287. The molecule has 0 aliphatic rings. The molecule has 2 aromatic rings. The summed E-state index contributed by atoms with van der Waals surface area (Å²) in [7, 11) is 8.70. The second kappa shape index (κ2) is 12.9. The van der Waals surface area contributed by atoms with Gasteiger partial charge < -0.3 is 38.3 Å². The normalized spacial score (nSPS) is 11.4. The molecule has 1 N–H and O–H groups in total. The van der Waals surface area contributed by atoms with Crippen LogP contribution in [-0.4, -0.2) is 66.3 Å². The number of carboxylic acid groups (broad SMARTS) is 1. The van der Waals surface area contributed by atoms with E-state index in [2.05, 4.69) is 0 Å². The van der Waals surface area contributed by atoms with Crippen molar-refractivity contribution in [3.8, 4) is 34.5 Å². The summed E-state index contributed by atoms with van der Waals surface area (Å²) in [6.45, 7) is 1.67. The molecule has 0 heterocycles. The Balaban J connectivity index is 2.80. The summed E-state index contributed by atoms with van der Waals surface area (Å²) < 4.78 is 37.2. The molecule has 0 aromatic heterocycles. The van der Waals surface area contributed by atoms with Gasteiger partial charge in [0, 0.05) is 0 Å². The molecule has 0 saturated carbocycles. The number of hydrogen-bond acceptors (Lipinski definition) is 9. The van der Waals surface area contributed by atoms with Crippen molar-refractivity contribution in [2.45, 2.75) is 6.92 Å². The van der Waals surface area contributed by atoms with E-state index in [4.69, 9.17) is 33.2 Å². The molecule has 0 fully saturated rings. The second-order valence-corrected chi connectivity index (χ2v) is 7.06. The summed E-state index contributed by atoms with van der Waals surface area (Å²) in [5, 5.41) is 10.1. The van der Waals surface area contributed by atoms with Gasteiger partial charge in [0.25, 0.3) is 0 Å². The first kappa shape index (κ1) is 27.9. The van der Waals surface area contributed by atoms with Crippen LogP contribution >= 0.6 is 0 Å². The van der Waals surface area contributed by atoms with Gasteiger partial charge in [-0.15, -0.1) is 0 Å². The number of carboxylic acids is 1. The molecule has 0 bridgehead atoms. The maximum atomic E-state index is 12.9. The zero-order chi connectivity index (χ0) is 26.8. The van der Waals surface area contributed by atoms with Crippen molar-refractivity contribution in [1.82, 2.24) is 0 Å². The maximum Gasteiger partial charge on any atom is 0.339 e. The standard InChI is InChI=1S/C26H30O10/c1-8-36-26(29)18(10-16-13-21(32-4)24(35-7)22(14-16)33-5)17(25(27)28)9-15-11-19(30-2)23(34-6)20(12-15)31-3/h9-14H,8H2,1-7H3,(H,27,28)/b17-9+,18-10+. The van der Waals surface area contributed by atoms with E-state index in [1.54, 1.807) is 31.2 Å². The Hall–Kier alpha value is -4.34. The van der Waals surface area contributed by atoms with E-state index < -0.39 is 11.9 Å². The maximum absolute atomic E-state index is 12.9. The van der Waals surface area contributed by atoms with Crippen molar-refractivity contribution >= 4 is 24.1 Å². The van der Waals surface area contributed by atoms with Gasteiger partial charge in [-0.2, -0.15) is 0 Å². The molecular weight excluding hydrogens is 472 g/mol. The van der Waals surface area contributed by atoms with Gasteiger partial charge in [0.05, 0.1) is 60.4 Å². The summed E-state index contributed by atoms with van der Waals surface area (Å²) in [5.74, 6) is -0.191. The average molecular weight is 503 g/mol. The van der Waals surface area contributed by atoms with E-state index >= 15 is 0 Å². The number of esters is 1. The Morgan fingerprint density at radius 2 is 1.03 bits per heavy atom. The van der Waals surface area contributed by atoms with Crippen LogP contribution in [0.5, 0.6) is 34.5 Å². The van der Waals surface area contributed by atoms with Gasteiger partial charge in [-0.05, 0) is 54.5 Å². The molecule has 194 valence electrons. The van der Waals surface area contributed by atoms with Crippen LogP contribution in [0.2, 0.25) is 0 Å². The molecule has 2 rings (SSSR count). The first-order valence-electron chi connectivity index (χ1n) is 10.7. The molecular formula is C26H30O10. The van der Waals surface area contributed by atoms with Gasteiger partial charge in [0.15, 0.2) is 23.0 Å². The summed E-state index contributed by atoms with van der Waals surface area (Å²) in [4.78, 5) is 25.3. The minimum absolute atomic E-state index is 0.0442. The fourth-order valence-corrected chi connectivity index (χ4v) is 3.41. The molecule has 0 amide bonds. The Kier molecular flexibility index (Phi) is 10.0. The van der Waals surface area contributed by atoms with Gasteiger partial charge in [0.1, 0.15) is 0 Å². The first-order valence-corrected chi connectivity index (χ1v) is 10.7. The second-order valence-electron chi connectivity index (χ2n) is 7.06. The lowest BCUT2D eigenvalue weighted by Gasteiger charge is -2.15. The Morgan fingerprint density at radius 1 is 0.667 bits per heavy atom. The molecule has 0 aliphatic carbocycles. The number of carbonyl (C=O) groups is 2. The van der Waals surface area contributed by atoms with Gasteiger partial charge in [0.2, 0.25) is 11.5 Å². The average Bonchev–Trinajstić information content (AvgIpc) is 2.88. The number of hydrogen-bond donors (Lipinski definition) is 1. The molecule has 0 atom stereocenters. The SMILES string of the molecule is CCOC(=O)C(=C/c1cc(OC)c(OC)c(OC)c1)/C(=C\c1cc(OC)c(OC)c(OC)c1)C(=O)O. The molecule has 2 aromatic carbocycles. The predicted octanol–water partition coefficient (Wildman–Crippen LogP) is 3.85. The summed E-state index contributed by atoms with van der Waals surface area (Å²) in [6, 6.07) is 6.29. The third kappa shape index (κ3) is 6.21. The Labute approximate surface area is 209 Å². The third-order valence-corrected chi connectivity index (χ3v) is 5.01. The highest BCUT2D eigenvalue weighted by Gasteiger charge is 2.24. The summed E-state index contributed by atoms with van der Waals surface area (Å²) >= 11 is 0. The number of benzene rings is 2. The van der Waals surface area contributed by atoms with Crippen LogP contribution in [0, 0.1) is 0 Å². The van der Waals surface area contributed by atoms with Crippen LogP contribution in [-0.2, 0) is 14.3 Å². The lowest BCUT2D eigenvalue weighted by atomic mass is 9.99. The molecule has 36 heavy (non-hydrogen) atoms. The van der Waals surface area contributed by atoms with Crippen molar-refractivity contribution in [3.05, 3.63) is 46.5 Å². The summed E-state index contributed by atoms with van der Waals surface area (Å²) in [6.07, 6.45) is 2.69. The molecule has 0 spiro atoms. The van der Waals surface area contributed by atoms with E-state index in [1.807, 2.05) is 0 Å². The van der Waals surface area contributed by atoms with Crippen LogP contribution in [0.1, 0.15) is 18.1 Å². The van der Waals surface area contributed by atoms with Gasteiger partial charge in [-0.25, -0.2) is 9.59 Å². The van der Waals surface area contributed by atoms with E-state index in [0.29, 0.717) is 45.6 Å². The minimum Gasteiger partial charge on any atom is -0.493 e. The number of methoxy groups -OCH3 is 6. The van der Waals surface area contributed by atoms with Crippen LogP contribution in [0.15, 0.2) is 35.4 Å². The quantitative estimate of drug-likeness (QED) is 0.260. The topological polar surface area (TPSA) is 119 Å². The molecule has 0 unspecified atom stereocenters. The number of ether oxygens (including phenoxy) is 7. The van der Waals surface area contributed by atoms with Crippen molar-refractivity contribution in [3.63, 3.8) is 0 Å². The van der Waals surface area contributed by atoms with Crippen molar-refractivity contribution < 1.29 is 47.9 Å². The predicted molar refractivity (Wildman–Crippen MR) is 132 cm³/mol. The fourth-order valence-electron chi connectivity index (χ4n) is 3.41. The molecule has 10 heteroatoms. The van der Waals surface area contributed by atoms with Crippen molar-refractivity contribution in [2.75, 3.05) is 49.3 Å². The van der Waals surface area contributed by atoms with Crippen LogP contribution in [0.3, 0.4) is 0 Å². The molecule has 0 aliphatic heterocycles. The van der Waals surface area contributed by atoms with E-state index in [9.17, 15) is 14.7 Å². The number of aliphatic carboxylic acids is 1. The minimum atomic E-state index is -1.35. The van der Waals surface area contributed by atoms with Crippen molar-refractivity contribution in [2.24, 2.45) is 0 Å². The zero-order valence-electron chi connectivity index (χ0n) is 21.3. The highest BCUT2D eigenvalue weighted by atomic mass is 16.5. The van der Waals surface area contributed by atoms with Crippen LogP contribution < -0.4 is 28.4 Å². The van der Waals surface area contributed by atoms with E-state index in [-0.39, 0.29) is 17.8 Å². The Bertz CT molecular complexity index is 1110. The van der Waals surface area contributed by atoms with Crippen molar-refractivity contribution in [1.29, 1.82) is 0 Å². The monoisotopic (exact) mass is 502 g/mol. The van der Waals surface area contributed by atoms with Crippen LogP contribution in [0.4, 0.5) is 0 Å².